The van der Waals surface area contributed by atoms with Gasteiger partial charge in [-0.3, -0.25) is 0 Å². The lowest BCUT2D eigenvalue weighted by molar-refractivity contribution is 0.0652. The predicted octanol–water partition coefficient (Wildman–Crippen LogP) is 3.08. The lowest BCUT2D eigenvalue weighted by atomic mass is 10.0. The smallest absolute Gasteiger partial charge is 0.374 e. The molecule has 0 fully saturated rings. The van der Waals surface area contributed by atoms with Crippen molar-refractivity contribution in [2.24, 2.45) is 0 Å². The van der Waals surface area contributed by atoms with E-state index in [2.05, 4.69) is 24.2 Å². The molecule has 2 heterocycles. The van der Waals surface area contributed by atoms with Gasteiger partial charge in [-0.25, -0.2) is 4.79 Å². The van der Waals surface area contributed by atoms with Crippen LogP contribution in [0.3, 0.4) is 0 Å². The molecular formula is C13H11NO3S. The Kier molecular flexibility index (Phi) is 2.63. The highest BCUT2D eigenvalue weighted by molar-refractivity contribution is 8.00. The summed E-state index contributed by atoms with van der Waals surface area (Å²) in [5.41, 5.74) is 2.77. The van der Waals surface area contributed by atoms with Crippen LogP contribution in [0.1, 0.15) is 23.0 Å². The summed E-state index contributed by atoms with van der Waals surface area (Å²) >= 11 is 1.87. The molecule has 0 saturated carbocycles. The molecule has 18 heavy (non-hydrogen) atoms. The van der Waals surface area contributed by atoms with Gasteiger partial charge in [0.1, 0.15) is 5.69 Å². The van der Waals surface area contributed by atoms with Crippen LogP contribution in [0.5, 0.6) is 0 Å². The molecule has 2 aromatic rings. The molecule has 5 heteroatoms. The molecule has 1 aliphatic rings. The number of aromatic nitrogens is 1. The Balaban J connectivity index is 1.97. The first-order chi connectivity index (χ1) is 8.63. The first kappa shape index (κ1) is 11.3. The highest BCUT2D eigenvalue weighted by Gasteiger charge is 2.20. The van der Waals surface area contributed by atoms with Crippen molar-refractivity contribution in [3.05, 3.63) is 35.6 Å². The molecule has 1 N–H and O–H groups in total. The van der Waals surface area contributed by atoms with Crippen LogP contribution < -0.4 is 0 Å². The molecule has 0 amide bonds. The topological polar surface area (TPSA) is 63.3 Å². The number of nitrogens with zero attached hydrogens (tertiary/aromatic N) is 1. The molecule has 4 nitrogen and oxygen atoms in total. The van der Waals surface area contributed by atoms with Crippen LogP contribution in [0.2, 0.25) is 0 Å². The summed E-state index contributed by atoms with van der Waals surface area (Å²) in [5, 5.41) is 13.2. The average molecular weight is 261 g/mol. The van der Waals surface area contributed by atoms with Crippen molar-refractivity contribution in [3.63, 3.8) is 0 Å². The normalized spacial score (nSPS) is 17.7. The number of rotatable bonds is 2. The number of benzene rings is 1. The number of carboxylic acid groups (broad SMARTS) is 1. The molecule has 3 rings (SSSR count). The lowest BCUT2D eigenvalue weighted by Gasteiger charge is -2.00. The Labute approximate surface area is 108 Å². The number of hydrogen-bond acceptors (Lipinski definition) is 4. The molecule has 1 aliphatic heterocycles. The standard InChI is InChI=1S/C13H11NO3S/c1-7-4-9-5-8(2-3-12(9)18-7)10-6-11(13(15)16)17-14-10/h2-3,5-7H,4H2,1H3,(H,15,16). The van der Waals surface area contributed by atoms with Crippen molar-refractivity contribution in [1.29, 1.82) is 0 Å². The minimum atomic E-state index is -1.10. The minimum Gasteiger partial charge on any atom is -0.475 e. The summed E-state index contributed by atoms with van der Waals surface area (Å²) in [6.45, 7) is 2.20. The van der Waals surface area contributed by atoms with E-state index in [9.17, 15) is 4.79 Å². The third kappa shape index (κ3) is 1.90. The summed E-state index contributed by atoms with van der Waals surface area (Å²) in [4.78, 5) is 12.0. The maximum absolute atomic E-state index is 10.7. The summed E-state index contributed by atoms with van der Waals surface area (Å²) < 4.78 is 4.77. The zero-order valence-corrected chi connectivity index (χ0v) is 10.5. The van der Waals surface area contributed by atoms with Crippen LogP contribution in [-0.4, -0.2) is 21.5 Å². The molecule has 1 aromatic carbocycles. The fourth-order valence-electron chi connectivity index (χ4n) is 2.09. The van der Waals surface area contributed by atoms with Gasteiger partial charge in [-0.05, 0) is 24.1 Å². The zero-order valence-electron chi connectivity index (χ0n) is 9.71. The average Bonchev–Trinajstić information content (AvgIpc) is 2.91. The fraction of sp³-hybridized carbons (Fsp3) is 0.231. The molecule has 1 unspecified atom stereocenters. The van der Waals surface area contributed by atoms with E-state index in [0.29, 0.717) is 10.9 Å². The molecule has 0 aliphatic carbocycles. The van der Waals surface area contributed by atoms with Gasteiger partial charge in [0, 0.05) is 21.8 Å². The van der Waals surface area contributed by atoms with Crippen molar-refractivity contribution < 1.29 is 14.4 Å². The van der Waals surface area contributed by atoms with E-state index < -0.39 is 5.97 Å². The second kappa shape index (κ2) is 4.17. The molecule has 0 bridgehead atoms. The number of aromatic carboxylic acids is 1. The van der Waals surface area contributed by atoms with Gasteiger partial charge in [-0.1, -0.05) is 18.1 Å². The number of thioether (sulfide) groups is 1. The van der Waals surface area contributed by atoms with E-state index in [1.54, 1.807) is 0 Å². The molecule has 0 saturated heterocycles. The third-order valence-corrected chi connectivity index (χ3v) is 4.13. The Morgan fingerprint density at radius 2 is 2.33 bits per heavy atom. The molecule has 0 spiro atoms. The molecular weight excluding hydrogens is 250 g/mol. The molecule has 1 aromatic heterocycles. The van der Waals surface area contributed by atoms with Crippen molar-refractivity contribution in [2.75, 3.05) is 0 Å². The van der Waals surface area contributed by atoms with Gasteiger partial charge in [-0.15, -0.1) is 11.8 Å². The SMILES string of the molecule is CC1Cc2cc(-c3cc(C(=O)O)on3)ccc2S1. The van der Waals surface area contributed by atoms with E-state index in [-0.39, 0.29) is 5.76 Å². The van der Waals surface area contributed by atoms with E-state index in [1.165, 1.54) is 16.5 Å². The highest BCUT2D eigenvalue weighted by atomic mass is 32.2. The Hall–Kier alpha value is -1.75. The summed E-state index contributed by atoms with van der Waals surface area (Å²) in [6, 6.07) is 7.53. The maximum atomic E-state index is 10.7. The van der Waals surface area contributed by atoms with Gasteiger partial charge in [0.15, 0.2) is 0 Å². The maximum Gasteiger partial charge on any atom is 0.374 e. The minimum absolute atomic E-state index is 0.131. The van der Waals surface area contributed by atoms with Crippen molar-refractivity contribution in [3.8, 4) is 11.3 Å². The molecule has 1 atom stereocenters. The van der Waals surface area contributed by atoms with Gasteiger partial charge in [0.05, 0.1) is 0 Å². The third-order valence-electron chi connectivity index (χ3n) is 2.91. The van der Waals surface area contributed by atoms with Gasteiger partial charge < -0.3 is 9.63 Å². The number of carboxylic acids is 1. The van der Waals surface area contributed by atoms with Crippen molar-refractivity contribution in [1.82, 2.24) is 5.16 Å². The van der Waals surface area contributed by atoms with E-state index in [1.807, 2.05) is 17.8 Å². The molecule has 0 radical (unpaired) electrons. The second-order valence-electron chi connectivity index (χ2n) is 4.34. The largest absolute Gasteiger partial charge is 0.475 e. The van der Waals surface area contributed by atoms with E-state index in [0.717, 1.165) is 12.0 Å². The number of carbonyl (C=O) groups is 1. The van der Waals surface area contributed by atoms with Crippen LogP contribution in [0.25, 0.3) is 11.3 Å². The van der Waals surface area contributed by atoms with Crippen LogP contribution in [0, 0.1) is 0 Å². The van der Waals surface area contributed by atoms with Crippen LogP contribution in [-0.2, 0) is 6.42 Å². The summed E-state index contributed by atoms with van der Waals surface area (Å²) in [7, 11) is 0. The Morgan fingerprint density at radius 1 is 1.50 bits per heavy atom. The first-order valence-electron chi connectivity index (χ1n) is 5.63. The summed E-state index contributed by atoms with van der Waals surface area (Å²) in [6.07, 6.45) is 1.04. The van der Waals surface area contributed by atoms with Crippen molar-refractivity contribution >= 4 is 17.7 Å². The predicted molar refractivity (Wildman–Crippen MR) is 67.9 cm³/mol. The van der Waals surface area contributed by atoms with Gasteiger partial charge >= 0.3 is 5.97 Å². The van der Waals surface area contributed by atoms with Crippen LogP contribution >= 0.6 is 11.8 Å². The van der Waals surface area contributed by atoms with Gasteiger partial charge in [0.25, 0.3) is 0 Å². The Bertz CT molecular complexity index is 620. The van der Waals surface area contributed by atoms with Gasteiger partial charge in [0.2, 0.25) is 5.76 Å². The van der Waals surface area contributed by atoms with E-state index in [4.69, 9.17) is 9.63 Å². The van der Waals surface area contributed by atoms with Crippen LogP contribution in [0.4, 0.5) is 0 Å². The first-order valence-corrected chi connectivity index (χ1v) is 6.51. The van der Waals surface area contributed by atoms with Gasteiger partial charge in [-0.2, -0.15) is 0 Å². The monoisotopic (exact) mass is 261 g/mol. The second-order valence-corrected chi connectivity index (χ2v) is 5.82. The summed E-state index contributed by atoms with van der Waals surface area (Å²) in [5.74, 6) is -1.23. The number of fused-ring (bicyclic) bond motifs is 1. The fourth-order valence-corrected chi connectivity index (χ4v) is 3.23. The van der Waals surface area contributed by atoms with E-state index >= 15 is 0 Å². The van der Waals surface area contributed by atoms with Crippen molar-refractivity contribution in [2.45, 2.75) is 23.5 Å². The molecule has 92 valence electrons. The zero-order chi connectivity index (χ0) is 12.7. The lowest BCUT2D eigenvalue weighted by Crippen LogP contribution is -1.92. The van der Waals surface area contributed by atoms with Crippen LogP contribution in [0.15, 0.2) is 33.7 Å². The quantitative estimate of drug-likeness (QED) is 0.900. The number of hydrogen-bond donors (Lipinski definition) is 1. The highest BCUT2D eigenvalue weighted by Crippen LogP contribution is 2.38. The Morgan fingerprint density at radius 3 is 3.06 bits per heavy atom.